The van der Waals surface area contributed by atoms with Crippen LogP contribution in [0.3, 0.4) is 0 Å². The quantitative estimate of drug-likeness (QED) is 0.919. The van der Waals surface area contributed by atoms with Gasteiger partial charge in [-0.25, -0.2) is 0 Å². The topological polar surface area (TPSA) is 34.0 Å². The lowest BCUT2D eigenvalue weighted by molar-refractivity contribution is 0.498. The maximum absolute atomic E-state index is 12.2. The fourth-order valence-electron chi connectivity index (χ4n) is 2.69. The third-order valence-electron chi connectivity index (χ3n) is 3.71. The van der Waals surface area contributed by atoms with E-state index in [0.29, 0.717) is 6.04 Å². The molecule has 4 heteroatoms. The van der Waals surface area contributed by atoms with Crippen LogP contribution in [0.2, 0.25) is 0 Å². The Morgan fingerprint density at radius 1 is 1.44 bits per heavy atom. The van der Waals surface area contributed by atoms with Gasteiger partial charge in [0.2, 0.25) is 0 Å². The molecule has 1 unspecified atom stereocenters. The number of nitrogens with zero attached hydrogens (tertiary/aromatic N) is 1. The van der Waals surface area contributed by atoms with Crippen LogP contribution in [0.1, 0.15) is 25.7 Å². The summed E-state index contributed by atoms with van der Waals surface area (Å²) < 4.78 is 2.94. The Morgan fingerprint density at radius 2 is 2.39 bits per heavy atom. The number of fused-ring (bicyclic) bond motifs is 1. The standard InChI is InChI=1S/C14H18N2OS/c17-14-12-6-10-18-13(12)5-9-16(14)8-2-4-11-3-1-7-15-11/h5-6,9-11,15H,1-4,7-8H2. The first kappa shape index (κ1) is 11.9. The molecule has 0 spiro atoms. The second kappa shape index (κ2) is 5.24. The molecule has 0 radical (unpaired) electrons. The molecule has 1 aliphatic heterocycles. The molecule has 3 heterocycles. The smallest absolute Gasteiger partial charge is 0.259 e. The summed E-state index contributed by atoms with van der Waals surface area (Å²) in [5, 5.41) is 6.34. The molecule has 2 aromatic rings. The predicted octanol–water partition coefficient (Wildman–Crippen LogP) is 2.60. The molecule has 0 aliphatic carbocycles. The number of nitrogens with one attached hydrogen (secondary N) is 1. The summed E-state index contributed by atoms with van der Waals surface area (Å²) in [7, 11) is 0. The summed E-state index contributed by atoms with van der Waals surface area (Å²) in [5.41, 5.74) is 0.160. The van der Waals surface area contributed by atoms with Gasteiger partial charge < -0.3 is 9.88 Å². The van der Waals surface area contributed by atoms with Crippen LogP contribution in [0.5, 0.6) is 0 Å². The molecule has 0 saturated carbocycles. The Balaban J connectivity index is 1.66. The zero-order chi connectivity index (χ0) is 12.4. The van der Waals surface area contributed by atoms with Crippen molar-refractivity contribution in [3.8, 4) is 0 Å². The second-order valence-electron chi connectivity index (χ2n) is 4.95. The summed E-state index contributed by atoms with van der Waals surface area (Å²) in [6, 6.07) is 4.65. The first-order valence-electron chi connectivity index (χ1n) is 6.64. The third-order valence-corrected chi connectivity index (χ3v) is 4.59. The zero-order valence-electron chi connectivity index (χ0n) is 10.4. The number of aryl methyl sites for hydroxylation is 1. The van der Waals surface area contributed by atoms with E-state index in [-0.39, 0.29) is 5.56 Å². The summed E-state index contributed by atoms with van der Waals surface area (Å²) >= 11 is 1.63. The first-order valence-corrected chi connectivity index (χ1v) is 7.52. The number of rotatable bonds is 4. The Hall–Kier alpha value is -1.13. The summed E-state index contributed by atoms with van der Waals surface area (Å²) in [5.74, 6) is 0. The van der Waals surface area contributed by atoms with Crippen LogP contribution in [0, 0.1) is 0 Å². The van der Waals surface area contributed by atoms with Crippen molar-refractivity contribution in [1.82, 2.24) is 9.88 Å². The van der Waals surface area contributed by atoms with E-state index in [9.17, 15) is 4.79 Å². The minimum absolute atomic E-state index is 0.160. The van der Waals surface area contributed by atoms with Crippen LogP contribution in [-0.2, 0) is 6.54 Å². The summed E-state index contributed by atoms with van der Waals surface area (Å²) in [4.78, 5) is 12.2. The van der Waals surface area contributed by atoms with Crippen molar-refractivity contribution < 1.29 is 0 Å². The van der Waals surface area contributed by atoms with Gasteiger partial charge in [-0.2, -0.15) is 0 Å². The van der Waals surface area contributed by atoms with E-state index in [1.165, 1.54) is 19.3 Å². The normalized spacial score (nSPS) is 19.7. The molecule has 18 heavy (non-hydrogen) atoms. The molecular weight excluding hydrogens is 244 g/mol. The molecular formula is C14H18N2OS. The van der Waals surface area contributed by atoms with E-state index in [1.54, 1.807) is 11.3 Å². The lowest BCUT2D eigenvalue weighted by atomic mass is 10.1. The lowest BCUT2D eigenvalue weighted by Crippen LogP contribution is -2.23. The highest BCUT2D eigenvalue weighted by Gasteiger charge is 2.13. The van der Waals surface area contributed by atoms with Gasteiger partial charge in [-0.15, -0.1) is 11.3 Å². The highest BCUT2D eigenvalue weighted by molar-refractivity contribution is 7.17. The highest BCUT2D eigenvalue weighted by Crippen LogP contribution is 2.16. The average molecular weight is 262 g/mol. The van der Waals surface area contributed by atoms with Gasteiger partial charge in [0.1, 0.15) is 0 Å². The Kier molecular flexibility index (Phi) is 3.48. The fourth-order valence-corrected chi connectivity index (χ4v) is 3.47. The van der Waals surface area contributed by atoms with Gasteiger partial charge in [-0.3, -0.25) is 4.79 Å². The molecule has 0 bridgehead atoms. The van der Waals surface area contributed by atoms with Gasteiger partial charge in [0.15, 0.2) is 0 Å². The third kappa shape index (κ3) is 2.35. The molecule has 0 aromatic carbocycles. The van der Waals surface area contributed by atoms with E-state index < -0.39 is 0 Å². The van der Waals surface area contributed by atoms with Crippen molar-refractivity contribution >= 4 is 21.4 Å². The Labute approximate surface area is 110 Å². The molecule has 1 aliphatic rings. The van der Waals surface area contributed by atoms with Crippen LogP contribution in [0.25, 0.3) is 10.1 Å². The van der Waals surface area contributed by atoms with Crippen LogP contribution in [0.15, 0.2) is 28.5 Å². The van der Waals surface area contributed by atoms with E-state index in [2.05, 4.69) is 11.4 Å². The number of aromatic nitrogens is 1. The van der Waals surface area contributed by atoms with Crippen LogP contribution in [0.4, 0.5) is 0 Å². The Morgan fingerprint density at radius 3 is 3.22 bits per heavy atom. The van der Waals surface area contributed by atoms with E-state index >= 15 is 0 Å². The molecule has 2 aromatic heterocycles. The van der Waals surface area contributed by atoms with E-state index in [4.69, 9.17) is 0 Å². The van der Waals surface area contributed by atoms with Gasteiger partial charge in [-0.05, 0) is 49.7 Å². The summed E-state index contributed by atoms with van der Waals surface area (Å²) in [6.45, 7) is 1.99. The van der Waals surface area contributed by atoms with E-state index in [0.717, 1.165) is 29.6 Å². The lowest BCUT2D eigenvalue weighted by Gasteiger charge is -2.10. The Bertz CT molecular complexity index is 581. The van der Waals surface area contributed by atoms with Crippen molar-refractivity contribution in [1.29, 1.82) is 0 Å². The monoisotopic (exact) mass is 262 g/mol. The zero-order valence-corrected chi connectivity index (χ0v) is 11.2. The molecule has 96 valence electrons. The van der Waals surface area contributed by atoms with Gasteiger partial charge in [0.05, 0.1) is 5.39 Å². The van der Waals surface area contributed by atoms with Crippen molar-refractivity contribution in [2.45, 2.75) is 38.3 Å². The average Bonchev–Trinajstić information content (AvgIpc) is 3.02. The molecule has 3 nitrogen and oxygen atoms in total. The molecule has 1 N–H and O–H groups in total. The van der Waals surface area contributed by atoms with Gasteiger partial charge in [0, 0.05) is 23.5 Å². The first-order chi connectivity index (χ1) is 8.84. The van der Waals surface area contributed by atoms with Crippen molar-refractivity contribution in [2.75, 3.05) is 6.54 Å². The summed E-state index contributed by atoms with van der Waals surface area (Å²) in [6.07, 6.45) is 6.77. The maximum atomic E-state index is 12.2. The molecule has 1 fully saturated rings. The molecule has 1 saturated heterocycles. The highest BCUT2D eigenvalue weighted by atomic mass is 32.1. The van der Waals surface area contributed by atoms with Crippen LogP contribution < -0.4 is 10.9 Å². The number of hydrogen-bond donors (Lipinski definition) is 1. The largest absolute Gasteiger partial charge is 0.315 e. The number of pyridine rings is 1. The van der Waals surface area contributed by atoms with Crippen molar-refractivity contribution in [3.05, 3.63) is 34.1 Å². The molecule has 0 amide bonds. The van der Waals surface area contributed by atoms with Gasteiger partial charge >= 0.3 is 0 Å². The number of thiophene rings is 1. The van der Waals surface area contributed by atoms with Crippen LogP contribution in [-0.4, -0.2) is 17.2 Å². The second-order valence-corrected chi connectivity index (χ2v) is 5.90. The van der Waals surface area contributed by atoms with Crippen molar-refractivity contribution in [3.63, 3.8) is 0 Å². The molecule has 1 atom stereocenters. The van der Waals surface area contributed by atoms with Crippen LogP contribution >= 0.6 is 11.3 Å². The SMILES string of the molecule is O=c1c2ccsc2ccn1CCCC1CCCN1. The molecule has 3 rings (SSSR count). The van der Waals surface area contributed by atoms with Gasteiger partial charge in [0.25, 0.3) is 5.56 Å². The minimum atomic E-state index is 0.160. The minimum Gasteiger partial charge on any atom is -0.315 e. The number of hydrogen-bond acceptors (Lipinski definition) is 3. The van der Waals surface area contributed by atoms with E-state index in [1.807, 2.05) is 22.2 Å². The predicted molar refractivity (Wildman–Crippen MR) is 76.3 cm³/mol. The van der Waals surface area contributed by atoms with Crippen molar-refractivity contribution in [2.24, 2.45) is 0 Å². The fraction of sp³-hybridized carbons (Fsp3) is 0.500. The van der Waals surface area contributed by atoms with Gasteiger partial charge in [-0.1, -0.05) is 0 Å². The maximum Gasteiger partial charge on any atom is 0.259 e.